The van der Waals surface area contributed by atoms with Gasteiger partial charge in [-0.15, -0.1) is 0 Å². The molecule has 0 aliphatic carbocycles. The van der Waals surface area contributed by atoms with Gasteiger partial charge in [0.1, 0.15) is 11.6 Å². The number of hydrogen-bond acceptors (Lipinski definition) is 3. The highest BCUT2D eigenvalue weighted by Gasteiger charge is 2.46. The smallest absolute Gasteiger partial charge is 0.471 e. The molecule has 0 spiro atoms. The van der Waals surface area contributed by atoms with E-state index in [0.29, 0.717) is 25.8 Å². The molecule has 1 aromatic rings. The lowest BCUT2D eigenvalue weighted by atomic mass is 10.0. The molecule has 1 unspecified atom stereocenters. The fraction of sp³-hybridized carbons (Fsp3) is 0.562. The van der Waals surface area contributed by atoms with E-state index < -0.39 is 23.9 Å². The van der Waals surface area contributed by atoms with Gasteiger partial charge in [-0.3, -0.25) is 4.79 Å². The fourth-order valence-electron chi connectivity index (χ4n) is 2.89. The molecule has 8 heteroatoms. The standard InChI is InChI=1S/C16H20F4N2O2/c1-10(6-7-21)24-14-5-4-11(17)9-12(14)13-3-2-8-22(13)15(23)16(18,19)20/h4-5,9-10,13H,2-3,6-8,21H2,1H3/t10?,13-/m1/s1. The van der Waals surface area contributed by atoms with Crippen LogP contribution in [0.1, 0.15) is 37.8 Å². The van der Waals surface area contributed by atoms with E-state index >= 15 is 0 Å². The van der Waals surface area contributed by atoms with Crippen molar-refractivity contribution in [1.82, 2.24) is 4.90 Å². The molecule has 2 N–H and O–H groups in total. The number of carbonyl (C=O) groups excluding carboxylic acids is 1. The van der Waals surface area contributed by atoms with Crippen LogP contribution in [0.15, 0.2) is 18.2 Å². The summed E-state index contributed by atoms with van der Waals surface area (Å²) in [5.41, 5.74) is 5.72. The van der Waals surface area contributed by atoms with Gasteiger partial charge >= 0.3 is 12.1 Å². The van der Waals surface area contributed by atoms with Crippen molar-refractivity contribution in [2.75, 3.05) is 13.1 Å². The van der Waals surface area contributed by atoms with Crippen molar-refractivity contribution >= 4 is 5.91 Å². The quantitative estimate of drug-likeness (QED) is 0.832. The van der Waals surface area contributed by atoms with Crippen molar-refractivity contribution < 1.29 is 27.1 Å². The minimum Gasteiger partial charge on any atom is -0.490 e. The van der Waals surface area contributed by atoms with Crippen LogP contribution in [0, 0.1) is 5.82 Å². The third-order valence-corrected chi connectivity index (χ3v) is 3.99. The summed E-state index contributed by atoms with van der Waals surface area (Å²) in [5, 5.41) is 0. The van der Waals surface area contributed by atoms with Gasteiger partial charge in [-0.1, -0.05) is 0 Å². The molecule has 4 nitrogen and oxygen atoms in total. The van der Waals surface area contributed by atoms with Gasteiger partial charge in [0.15, 0.2) is 0 Å². The molecule has 2 rings (SSSR count). The second kappa shape index (κ2) is 7.38. The first-order valence-electron chi connectivity index (χ1n) is 7.78. The summed E-state index contributed by atoms with van der Waals surface area (Å²) in [6.07, 6.45) is -3.93. The van der Waals surface area contributed by atoms with Gasteiger partial charge in [-0.05, 0) is 50.9 Å². The number of benzene rings is 1. The van der Waals surface area contributed by atoms with Gasteiger partial charge in [0.2, 0.25) is 0 Å². The van der Waals surface area contributed by atoms with Gasteiger partial charge in [-0.25, -0.2) is 4.39 Å². The maximum Gasteiger partial charge on any atom is 0.471 e. The number of likely N-dealkylation sites (tertiary alicyclic amines) is 1. The molecule has 24 heavy (non-hydrogen) atoms. The Bertz CT molecular complexity index is 592. The monoisotopic (exact) mass is 348 g/mol. The average Bonchev–Trinajstić information content (AvgIpc) is 2.96. The van der Waals surface area contributed by atoms with Crippen LogP contribution in [0.3, 0.4) is 0 Å². The number of alkyl halides is 3. The largest absolute Gasteiger partial charge is 0.490 e. The topological polar surface area (TPSA) is 55.6 Å². The lowest BCUT2D eigenvalue weighted by Crippen LogP contribution is -2.40. The molecule has 1 amide bonds. The number of amides is 1. The van der Waals surface area contributed by atoms with Crippen molar-refractivity contribution in [2.45, 2.75) is 44.5 Å². The van der Waals surface area contributed by atoms with E-state index in [4.69, 9.17) is 10.5 Å². The summed E-state index contributed by atoms with van der Waals surface area (Å²) in [6.45, 7) is 2.14. The number of nitrogens with two attached hydrogens (primary N) is 1. The highest BCUT2D eigenvalue weighted by molar-refractivity contribution is 5.82. The Morgan fingerprint density at radius 3 is 2.79 bits per heavy atom. The zero-order chi connectivity index (χ0) is 17.9. The van der Waals surface area contributed by atoms with E-state index in [0.717, 1.165) is 11.0 Å². The molecular formula is C16H20F4N2O2. The van der Waals surface area contributed by atoms with Gasteiger partial charge in [-0.2, -0.15) is 13.2 Å². The highest BCUT2D eigenvalue weighted by Crippen LogP contribution is 2.39. The minimum atomic E-state index is -4.95. The third kappa shape index (κ3) is 4.17. The summed E-state index contributed by atoms with van der Waals surface area (Å²) in [5.74, 6) is -2.21. The van der Waals surface area contributed by atoms with Crippen molar-refractivity contribution in [1.29, 1.82) is 0 Å². The number of hydrogen-bond donors (Lipinski definition) is 1. The summed E-state index contributed by atoms with van der Waals surface area (Å²) < 4.78 is 57.7. The summed E-state index contributed by atoms with van der Waals surface area (Å²) in [6, 6.07) is 2.84. The van der Waals surface area contributed by atoms with Crippen LogP contribution in [0.2, 0.25) is 0 Å². The number of nitrogens with zero attached hydrogens (tertiary/aromatic N) is 1. The maximum atomic E-state index is 13.6. The lowest BCUT2D eigenvalue weighted by molar-refractivity contribution is -0.186. The summed E-state index contributed by atoms with van der Waals surface area (Å²) in [4.78, 5) is 12.4. The molecule has 1 saturated heterocycles. The average molecular weight is 348 g/mol. The molecule has 1 aliphatic rings. The molecule has 1 aromatic carbocycles. The van der Waals surface area contributed by atoms with Crippen LogP contribution in [0.5, 0.6) is 5.75 Å². The Kier molecular flexibility index (Phi) is 5.69. The van der Waals surface area contributed by atoms with E-state index in [1.807, 2.05) is 0 Å². The molecular weight excluding hydrogens is 328 g/mol. The van der Waals surface area contributed by atoms with Crippen LogP contribution in [-0.2, 0) is 4.79 Å². The van der Waals surface area contributed by atoms with Crippen LogP contribution < -0.4 is 10.5 Å². The Labute approximate surface area is 137 Å². The van der Waals surface area contributed by atoms with E-state index in [2.05, 4.69) is 0 Å². The van der Waals surface area contributed by atoms with Crippen LogP contribution in [0.4, 0.5) is 17.6 Å². The number of halogens is 4. The predicted octanol–water partition coefficient (Wildman–Crippen LogP) is 3.17. The fourth-order valence-corrected chi connectivity index (χ4v) is 2.89. The highest BCUT2D eigenvalue weighted by atomic mass is 19.4. The molecule has 1 heterocycles. The zero-order valence-corrected chi connectivity index (χ0v) is 13.3. The maximum absolute atomic E-state index is 13.6. The molecule has 134 valence electrons. The first-order valence-corrected chi connectivity index (χ1v) is 7.78. The zero-order valence-electron chi connectivity index (χ0n) is 13.3. The summed E-state index contributed by atoms with van der Waals surface area (Å²) in [7, 11) is 0. The van der Waals surface area contributed by atoms with E-state index in [1.54, 1.807) is 6.92 Å². The second-order valence-corrected chi connectivity index (χ2v) is 5.84. The molecule has 2 atom stereocenters. The molecule has 1 aliphatic heterocycles. The number of ether oxygens (including phenoxy) is 1. The summed E-state index contributed by atoms with van der Waals surface area (Å²) >= 11 is 0. The minimum absolute atomic E-state index is 0.0166. The van der Waals surface area contributed by atoms with Crippen molar-refractivity contribution in [2.24, 2.45) is 5.73 Å². The van der Waals surface area contributed by atoms with Gasteiger partial charge in [0.25, 0.3) is 0 Å². The third-order valence-electron chi connectivity index (χ3n) is 3.99. The predicted molar refractivity (Wildman–Crippen MR) is 79.9 cm³/mol. The van der Waals surface area contributed by atoms with E-state index in [-0.39, 0.29) is 24.0 Å². The van der Waals surface area contributed by atoms with Crippen LogP contribution in [-0.4, -0.2) is 36.2 Å². The lowest BCUT2D eigenvalue weighted by Gasteiger charge is -2.28. The Balaban J connectivity index is 2.32. The van der Waals surface area contributed by atoms with E-state index in [9.17, 15) is 22.4 Å². The van der Waals surface area contributed by atoms with Crippen molar-refractivity contribution in [3.63, 3.8) is 0 Å². The Hall–Kier alpha value is -1.83. The van der Waals surface area contributed by atoms with Gasteiger partial charge in [0.05, 0.1) is 12.1 Å². The Morgan fingerprint density at radius 2 is 2.17 bits per heavy atom. The normalized spacial score (nSPS) is 19.4. The van der Waals surface area contributed by atoms with Crippen molar-refractivity contribution in [3.05, 3.63) is 29.6 Å². The van der Waals surface area contributed by atoms with Gasteiger partial charge in [0, 0.05) is 12.1 Å². The van der Waals surface area contributed by atoms with Gasteiger partial charge < -0.3 is 15.4 Å². The number of rotatable bonds is 5. The number of carbonyl (C=O) groups is 1. The Morgan fingerprint density at radius 1 is 1.46 bits per heavy atom. The first kappa shape index (κ1) is 18.5. The van der Waals surface area contributed by atoms with Crippen LogP contribution in [0.25, 0.3) is 0 Å². The van der Waals surface area contributed by atoms with E-state index in [1.165, 1.54) is 12.1 Å². The molecule has 0 radical (unpaired) electrons. The molecule has 0 aromatic heterocycles. The van der Waals surface area contributed by atoms with Crippen LogP contribution >= 0.6 is 0 Å². The molecule has 1 fully saturated rings. The van der Waals surface area contributed by atoms with Crippen molar-refractivity contribution in [3.8, 4) is 5.75 Å². The second-order valence-electron chi connectivity index (χ2n) is 5.84. The molecule has 0 bridgehead atoms. The SMILES string of the molecule is CC(CCN)Oc1ccc(F)cc1[C@H]1CCCN1C(=O)C(F)(F)F. The molecule has 0 saturated carbocycles. The first-order chi connectivity index (χ1) is 11.2.